The molecule has 2 aliphatic rings. The molecule has 11 nitrogen and oxygen atoms in total. The highest BCUT2D eigenvalue weighted by Gasteiger charge is 2.32. The first-order valence-electron chi connectivity index (χ1n) is 12.4. The first-order chi connectivity index (χ1) is 15.9. The van der Waals surface area contributed by atoms with Gasteiger partial charge in [-0.25, -0.2) is 0 Å². The summed E-state index contributed by atoms with van der Waals surface area (Å²) in [6, 6.07) is -0.142. The van der Waals surface area contributed by atoms with Crippen LogP contribution >= 0.6 is 0 Å². The second-order valence-electron chi connectivity index (χ2n) is 9.33. The van der Waals surface area contributed by atoms with Crippen molar-refractivity contribution in [3.63, 3.8) is 0 Å². The molecule has 2 aliphatic carbocycles. The summed E-state index contributed by atoms with van der Waals surface area (Å²) in [5, 5.41) is 56.0. The summed E-state index contributed by atoms with van der Waals surface area (Å²) in [6.07, 6.45) is 5.55. The van der Waals surface area contributed by atoms with E-state index >= 15 is 0 Å². The van der Waals surface area contributed by atoms with E-state index in [-0.39, 0.29) is 18.1 Å². The van der Waals surface area contributed by atoms with Crippen LogP contribution in [0.3, 0.4) is 0 Å². The summed E-state index contributed by atoms with van der Waals surface area (Å²) in [7, 11) is 3.40. The smallest absolute Gasteiger partial charge is 0.213 e. The number of aliphatic hydroxyl groups is 4. The van der Waals surface area contributed by atoms with Gasteiger partial charge in [0.05, 0.1) is 6.10 Å². The molecular formula is C22H46N6O5. The van der Waals surface area contributed by atoms with E-state index in [9.17, 15) is 20.4 Å². The minimum atomic E-state index is -0.984. The van der Waals surface area contributed by atoms with E-state index in [2.05, 4.69) is 31.8 Å². The quantitative estimate of drug-likeness (QED) is 0.0829. The van der Waals surface area contributed by atoms with Gasteiger partial charge in [0.15, 0.2) is 6.35 Å². The molecule has 2 saturated carbocycles. The van der Waals surface area contributed by atoms with Crippen LogP contribution in [0.1, 0.15) is 58.3 Å². The van der Waals surface area contributed by atoms with Crippen LogP contribution in [0.4, 0.5) is 0 Å². The average Bonchev–Trinajstić information content (AvgIpc) is 3.30. The lowest BCUT2D eigenvalue weighted by Gasteiger charge is -2.31. The Morgan fingerprint density at radius 3 is 2.27 bits per heavy atom. The first kappa shape index (κ1) is 28.3. The predicted molar refractivity (Wildman–Crippen MR) is 127 cm³/mol. The van der Waals surface area contributed by atoms with Crippen LogP contribution in [-0.4, -0.2) is 84.6 Å². The topological polar surface area (TPSA) is 163 Å². The zero-order chi connectivity index (χ0) is 24.2. The second kappa shape index (κ2) is 15.2. The van der Waals surface area contributed by atoms with Gasteiger partial charge < -0.3 is 25.2 Å². The molecule has 9 N–H and O–H groups in total. The van der Waals surface area contributed by atoms with Crippen molar-refractivity contribution in [1.82, 2.24) is 26.7 Å². The molecule has 0 spiro atoms. The highest BCUT2D eigenvalue weighted by molar-refractivity contribution is 5.63. The van der Waals surface area contributed by atoms with Crippen LogP contribution in [0.15, 0.2) is 5.10 Å². The van der Waals surface area contributed by atoms with Gasteiger partial charge in [0.2, 0.25) is 6.41 Å². The molecule has 0 amide bonds. The molecule has 33 heavy (non-hydrogen) atoms. The molecule has 11 heteroatoms. The maximum absolute atomic E-state index is 10.6. The van der Waals surface area contributed by atoms with Gasteiger partial charge >= 0.3 is 0 Å². The molecule has 0 aromatic carbocycles. The zero-order valence-electron chi connectivity index (χ0n) is 20.3. The number of ether oxygens (including phenoxy) is 1. The van der Waals surface area contributed by atoms with E-state index in [0.29, 0.717) is 24.8 Å². The van der Waals surface area contributed by atoms with Gasteiger partial charge in [-0.3, -0.25) is 26.7 Å². The van der Waals surface area contributed by atoms with E-state index in [0.717, 1.165) is 44.9 Å². The van der Waals surface area contributed by atoms with E-state index < -0.39 is 25.2 Å². The maximum Gasteiger partial charge on any atom is 0.213 e. The Labute approximate surface area is 197 Å². The SMILES string of the molecule is CC[C@@H](/C=N/NC(O)NCC1CCC(C(O)NC)CC1)NC(O)[C@H]1CC[C@@H](OC(O)NC)C1. The number of hydrogen-bond acceptors (Lipinski definition) is 11. The van der Waals surface area contributed by atoms with Crippen LogP contribution in [0.5, 0.6) is 0 Å². The van der Waals surface area contributed by atoms with Crippen LogP contribution in [-0.2, 0) is 4.74 Å². The lowest BCUT2D eigenvalue weighted by Crippen LogP contribution is -2.45. The summed E-state index contributed by atoms with van der Waals surface area (Å²) in [5.74, 6) is 0.820. The zero-order valence-corrected chi connectivity index (χ0v) is 20.3. The average molecular weight is 475 g/mol. The molecule has 4 unspecified atom stereocenters. The van der Waals surface area contributed by atoms with Crippen molar-refractivity contribution in [1.29, 1.82) is 0 Å². The molecule has 0 aliphatic heterocycles. The Morgan fingerprint density at radius 1 is 0.939 bits per heavy atom. The van der Waals surface area contributed by atoms with Crippen LogP contribution in [0.2, 0.25) is 0 Å². The Hall–Kier alpha value is -0.890. The largest absolute Gasteiger partial charge is 0.378 e. The number of nitrogens with zero attached hydrogens (tertiary/aromatic N) is 1. The molecule has 7 atom stereocenters. The highest BCUT2D eigenvalue weighted by Crippen LogP contribution is 2.31. The number of rotatable bonds is 15. The summed E-state index contributed by atoms with van der Waals surface area (Å²) in [5.41, 5.74) is 2.69. The normalized spacial score (nSPS) is 30.8. The Balaban J connectivity index is 1.63. The molecule has 0 bridgehead atoms. The lowest BCUT2D eigenvalue weighted by atomic mass is 9.81. The van der Waals surface area contributed by atoms with Crippen LogP contribution in [0.25, 0.3) is 0 Å². The minimum absolute atomic E-state index is 0.0473. The standard InChI is InChI=1S/C22H46N6O5/c1-4-17(27-20(30)16-9-10-18(11-16)33-22(32)24-3)13-26-28-21(31)25-12-14-5-7-15(8-6-14)19(29)23-2/h13-25,27-32H,4-12H2,1-3H3/b26-13+/t14?,15?,16-,17-,18+,19?,20?,21?,22?/m0/s1. The Morgan fingerprint density at radius 2 is 1.64 bits per heavy atom. The maximum atomic E-state index is 10.6. The second-order valence-corrected chi connectivity index (χ2v) is 9.33. The van der Waals surface area contributed by atoms with Crippen molar-refractivity contribution < 1.29 is 25.2 Å². The Bertz CT molecular complexity index is 551. The van der Waals surface area contributed by atoms with Gasteiger partial charge in [0.25, 0.3) is 0 Å². The van der Waals surface area contributed by atoms with E-state index in [1.165, 1.54) is 0 Å². The fraction of sp³-hybridized carbons (Fsp3) is 0.955. The summed E-state index contributed by atoms with van der Waals surface area (Å²) >= 11 is 0. The first-order valence-corrected chi connectivity index (χ1v) is 12.4. The number of aliphatic hydroxyl groups excluding tert-OH is 4. The lowest BCUT2D eigenvalue weighted by molar-refractivity contribution is -0.149. The predicted octanol–water partition coefficient (Wildman–Crippen LogP) is -0.861. The van der Waals surface area contributed by atoms with Gasteiger partial charge in [-0.05, 0) is 77.3 Å². The van der Waals surface area contributed by atoms with E-state index in [1.807, 2.05) is 6.92 Å². The minimum Gasteiger partial charge on any atom is -0.378 e. The van der Waals surface area contributed by atoms with Crippen molar-refractivity contribution in [3.05, 3.63) is 0 Å². The van der Waals surface area contributed by atoms with Crippen molar-refractivity contribution in [2.24, 2.45) is 22.9 Å². The van der Waals surface area contributed by atoms with Crippen LogP contribution in [0, 0.1) is 17.8 Å². The third-order valence-electron chi connectivity index (χ3n) is 6.95. The van der Waals surface area contributed by atoms with Gasteiger partial charge in [0, 0.05) is 24.7 Å². The van der Waals surface area contributed by atoms with Crippen molar-refractivity contribution in [2.75, 3.05) is 20.6 Å². The molecular weight excluding hydrogens is 428 g/mol. The number of hydrogen-bond donors (Lipinski definition) is 9. The number of nitrogens with one attached hydrogen (secondary N) is 5. The molecule has 2 fully saturated rings. The fourth-order valence-electron chi connectivity index (χ4n) is 4.73. The third-order valence-corrected chi connectivity index (χ3v) is 6.95. The van der Waals surface area contributed by atoms with Crippen LogP contribution < -0.4 is 26.7 Å². The molecule has 2 rings (SSSR count). The summed E-state index contributed by atoms with van der Waals surface area (Å²) in [4.78, 5) is 0. The Kier molecular flexibility index (Phi) is 13.0. The molecule has 194 valence electrons. The summed E-state index contributed by atoms with van der Waals surface area (Å²) in [6.45, 7) is 2.68. The van der Waals surface area contributed by atoms with E-state index in [4.69, 9.17) is 4.74 Å². The fourth-order valence-corrected chi connectivity index (χ4v) is 4.73. The van der Waals surface area contributed by atoms with Crippen molar-refractivity contribution in [2.45, 2.75) is 95.7 Å². The van der Waals surface area contributed by atoms with E-state index in [1.54, 1.807) is 20.3 Å². The molecule has 0 aromatic heterocycles. The number of hydrazone groups is 1. The third kappa shape index (κ3) is 10.1. The monoisotopic (exact) mass is 474 g/mol. The molecule has 0 saturated heterocycles. The molecule has 0 heterocycles. The van der Waals surface area contributed by atoms with Gasteiger partial charge in [-0.2, -0.15) is 5.10 Å². The van der Waals surface area contributed by atoms with Gasteiger partial charge in [-0.15, -0.1) is 0 Å². The summed E-state index contributed by atoms with van der Waals surface area (Å²) < 4.78 is 5.47. The van der Waals surface area contributed by atoms with Gasteiger partial charge in [-0.1, -0.05) is 6.92 Å². The molecule has 0 aromatic rings. The molecule has 0 radical (unpaired) electrons. The van der Waals surface area contributed by atoms with Crippen molar-refractivity contribution >= 4 is 6.21 Å². The highest BCUT2D eigenvalue weighted by atomic mass is 16.6. The van der Waals surface area contributed by atoms with Crippen molar-refractivity contribution in [3.8, 4) is 0 Å². The van der Waals surface area contributed by atoms with Gasteiger partial charge in [0.1, 0.15) is 12.5 Å².